The Balaban J connectivity index is 2.33. The summed E-state index contributed by atoms with van der Waals surface area (Å²) in [5.41, 5.74) is 9.90. The number of carbonyl (C=O) groups excluding carboxylic acids is 1. The summed E-state index contributed by atoms with van der Waals surface area (Å²) in [5.74, 6) is -0.583. The van der Waals surface area contributed by atoms with Gasteiger partial charge in [0.05, 0.1) is 23.7 Å². The van der Waals surface area contributed by atoms with E-state index in [0.29, 0.717) is 21.9 Å². The van der Waals surface area contributed by atoms with Crippen LogP contribution in [0, 0.1) is 0 Å². The van der Waals surface area contributed by atoms with Crippen molar-refractivity contribution in [2.45, 2.75) is 0 Å². The molecule has 116 valence electrons. The van der Waals surface area contributed by atoms with Gasteiger partial charge in [-0.25, -0.2) is 9.78 Å². The highest BCUT2D eigenvalue weighted by molar-refractivity contribution is 6.14. The molecule has 0 spiro atoms. The highest BCUT2D eigenvalue weighted by Crippen LogP contribution is 2.32. The lowest BCUT2D eigenvalue weighted by Gasteiger charge is -2.04. The van der Waals surface area contributed by atoms with Crippen molar-refractivity contribution in [2.24, 2.45) is 5.11 Å². The third-order valence-corrected chi connectivity index (χ3v) is 3.92. The maximum atomic E-state index is 12.7. The molecule has 4 rings (SSSR count). The normalized spacial score (nSPS) is 11.0. The van der Waals surface area contributed by atoms with Gasteiger partial charge in [0, 0.05) is 15.7 Å². The number of pyridine rings is 2. The van der Waals surface area contributed by atoms with E-state index >= 15 is 0 Å². The molecule has 4 aromatic rings. The fourth-order valence-electron chi connectivity index (χ4n) is 2.96. The number of nitrogens with zero attached hydrogens (tertiary/aromatic N) is 5. The third-order valence-electron chi connectivity index (χ3n) is 3.92. The molecule has 1 aromatic carbocycles. The van der Waals surface area contributed by atoms with E-state index in [1.54, 1.807) is 18.2 Å². The molecule has 0 fully saturated rings. The Hall–Kier alpha value is -3.64. The zero-order valence-corrected chi connectivity index (χ0v) is 12.4. The van der Waals surface area contributed by atoms with E-state index in [1.807, 2.05) is 12.1 Å². The Labute approximate surface area is 133 Å². The first kappa shape index (κ1) is 14.0. The van der Waals surface area contributed by atoms with E-state index in [2.05, 4.69) is 15.0 Å². The number of carbonyl (C=O) groups is 1. The largest absolute Gasteiger partial charge is 0.464 e. The number of benzene rings is 1. The van der Waals surface area contributed by atoms with Crippen LogP contribution in [0.1, 0.15) is 10.5 Å². The van der Waals surface area contributed by atoms with Crippen molar-refractivity contribution in [3.05, 3.63) is 62.9 Å². The number of rotatable bonds is 2. The lowest BCUT2D eigenvalue weighted by atomic mass is 10.1. The first-order chi connectivity index (χ1) is 11.7. The molecule has 3 heterocycles. The first-order valence-corrected chi connectivity index (χ1v) is 6.99. The van der Waals surface area contributed by atoms with Gasteiger partial charge in [-0.2, -0.15) is 0 Å². The number of azide groups is 1. The van der Waals surface area contributed by atoms with Crippen LogP contribution < -0.4 is 5.56 Å². The molecule has 0 aliphatic carbocycles. The van der Waals surface area contributed by atoms with E-state index in [4.69, 9.17) is 10.3 Å². The van der Waals surface area contributed by atoms with Crippen molar-refractivity contribution in [3.8, 4) is 0 Å². The summed E-state index contributed by atoms with van der Waals surface area (Å²) < 4.78 is 6.20. The number of aromatic nitrogens is 2. The van der Waals surface area contributed by atoms with Crippen molar-refractivity contribution in [3.63, 3.8) is 0 Å². The molecule has 0 saturated carbocycles. The molecular formula is C16H9N5O3. The van der Waals surface area contributed by atoms with Crippen molar-refractivity contribution >= 4 is 39.0 Å². The molecule has 0 N–H and O–H groups in total. The molecule has 3 aromatic heterocycles. The summed E-state index contributed by atoms with van der Waals surface area (Å²) in [5, 5.41) is 4.95. The van der Waals surface area contributed by atoms with Gasteiger partial charge in [0.2, 0.25) is 0 Å². The Morgan fingerprint density at radius 2 is 2.08 bits per heavy atom. The van der Waals surface area contributed by atoms with Gasteiger partial charge in [-0.1, -0.05) is 23.3 Å². The molecule has 0 radical (unpaired) electrons. The second-order valence-electron chi connectivity index (χ2n) is 5.16. The first-order valence-electron chi connectivity index (χ1n) is 6.99. The van der Waals surface area contributed by atoms with E-state index in [1.165, 1.54) is 17.6 Å². The number of fused-ring (bicyclic) bond motifs is 3. The maximum Gasteiger partial charge on any atom is 0.356 e. The molecule has 0 unspecified atom stereocenters. The fraction of sp³-hybridized carbons (Fsp3) is 0.0625. The van der Waals surface area contributed by atoms with Crippen LogP contribution in [-0.4, -0.2) is 22.5 Å². The van der Waals surface area contributed by atoms with Crippen LogP contribution in [0.3, 0.4) is 0 Å². The number of para-hydroxylation sites is 1. The maximum absolute atomic E-state index is 12.7. The van der Waals surface area contributed by atoms with E-state index in [9.17, 15) is 9.59 Å². The van der Waals surface area contributed by atoms with E-state index in [-0.39, 0.29) is 11.4 Å². The van der Waals surface area contributed by atoms with Crippen molar-refractivity contribution in [1.29, 1.82) is 0 Å². The summed E-state index contributed by atoms with van der Waals surface area (Å²) >= 11 is 0. The minimum atomic E-state index is -0.583. The molecule has 0 aliphatic heterocycles. The van der Waals surface area contributed by atoms with E-state index in [0.717, 1.165) is 5.39 Å². The molecule has 8 heteroatoms. The zero-order valence-electron chi connectivity index (χ0n) is 12.4. The summed E-state index contributed by atoms with van der Waals surface area (Å²) in [7, 11) is 1.27. The molecule has 0 saturated heterocycles. The lowest BCUT2D eigenvalue weighted by molar-refractivity contribution is 0.0594. The number of hydrogen-bond donors (Lipinski definition) is 0. The Bertz CT molecular complexity index is 1240. The van der Waals surface area contributed by atoms with Gasteiger partial charge in [-0.15, -0.1) is 0 Å². The number of methoxy groups -OCH3 is 1. The highest BCUT2D eigenvalue weighted by Gasteiger charge is 2.19. The second-order valence-corrected chi connectivity index (χ2v) is 5.16. The van der Waals surface area contributed by atoms with Crippen LogP contribution >= 0.6 is 0 Å². The van der Waals surface area contributed by atoms with Crippen molar-refractivity contribution < 1.29 is 9.53 Å². The van der Waals surface area contributed by atoms with Gasteiger partial charge in [0.25, 0.3) is 5.56 Å². The standard InChI is InChI=1S/C16H9N5O3/c1-24-16(23)12-6-9-8-4-2-3-5-13(8)21-14(9)10(18-12)7-11(15(21)22)19-20-17/h2-7H,1H3. The molecule has 0 aliphatic rings. The number of ether oxygens (including phenoxy) is 1. The third kappa shape index (κ3) is 1.74. The van der Waals surface area contributed by atoms with Crippen LogP contribution in [0.15, 0.2) is 46.3 Å². The minimum Gasteiger partial charge on any atom is -0.464 e. The van der Waals surface area contributed by atoms with Crippen LogP contribution in [-0.2, 0) is 4.74 Å². The number of esters is 1. The highest BCUT2D eigenvalue weighted by atomic mass is 16.5. The average Bonchev–Trinajstić information content (AvgIpc) is 2.94. The van der Waals surface area contributed by atoms with Gasteiger partial charge in [0.15, 0.2) is 0 Å². The SMILES string of the molecule is COC(=O)c1cc2c3ccccc3n3c(=O)c(N=[N+]=[N-])cc(n1)c23. The van der Waals surface area contributed by atoms with Crippen molar-refractivity contribution in [1.82, 2.24) is 9.38 Å². The van der Waals surface area contributed by atoms with Gasteiger partial charge in [0.1, 0.15) is 11.4 Å². The monoisotopic (exact) mass is 319 g/mol. The van der Waals surface area contributed by atoms with Crippen LogP contribution in [0.25, 0.3) is 37.8 Å². The van der Waals surface area contributed by atoms with Crippen LogP contribution in [0.5, 0.6) is 0 Å². The summed E-state index contributed by atoms with van der Waals surface area (Å²) in [6.07, 6.45) is 0. The Morgan fingerprint density at radius 1 is 1.29 bits per heavy atom. The molecular weight excluding hydrogens is 310 g/mol. The van der Waals surface area contributed by atoms with E-state index < -0.39 is 11.5 Å². The predicted molar refractivity (Wildman–Crippen MR) is 87.8 cm³/mol. The molecule has 0 atom stereocenters. The van der Waals surface area contributed by atoms with Crippen LogP contribution in [0.2, 0.25) is 0 Å². The number of hydrogen-bond acceptors (Lipinski definition) is 5. The minimum absolute atomic E-state index is 0.0813. The summed E-state index contributed by atoms with van der Waals surface area (Å²) in [6.45, 7) is 0. The summed E-state index contributed by atoms with van der Waals surface area (Å²) in [6, 6.07) is 10.3. The fourth-order valence-corrected chi connectivity index (χ4v) is 2.96. The molecule has 24 heavy (non-hydrogen) atoms. The average molecular weight is 319 g/mol. The van der Waals surface area contributed by atoms with Gasteiger partial charge in [-0.05, 0) is 23.7 Å². The van der Waals surface area contributed by atoms with Gasteiger partial charge < -0.3 is 4.74 Å². The van der Waals surface area contributed by atoms with Gasteiger partial charge in [-0.3, -0.25) is 9.20 Å². The van der Waals surface area contributed by atoms with Crippen LogP contribution in [0.4, 0.5) is 5.69 Å². The second kappa shape index (κ2) is 4.94. The topological polar surface area (TPSA) is 109 Å². The smallest absolute Gasteiger partial charge is 0.356 e. The lowest BCUT2D eigenvalue weighted by Crippen LogP contribution is -2.13. The Kier molecular flexibility index (Phi) is 2.88. The van der Waals surface area contributed by atoms with Crippen molar-refractivity contribution in [2.75, 3.05) is 7.11 Å². The molecule has 0 bridgehead atoms. The molecule has 0 amide bonds. The quantitative estimate of drug-likeness (QED) is 0.244. The zero-order chi connectivity index (χ0) is 16.8. The Morgan fingerprint density at radius 3 is 2.83 bits per heavy atom. The van der Waals surface area contributed by atoms with Gasteiger partial charge >= 0.3 is 5.97 Å². The predicted octanol–water partition coefficient (Wildman–Crippen LogP) is 3.17. The summed E-state index contributed by atoms with van der Waals surface area (Å²) in [4.78, 5) is 31.5. The molecule has 8 nitrogen and oxygen atoms in total.